The quantitative estimate of drug-likeness (QED) is 0.669. The predicted molar refractivity (Wildman–Crippen MR) is 98.7 cm³/mol. The average molecular weight is 391 g/mol. The zero-order valence-electron chi connectivity index (χ0n) is 15.2. The third-order valence-electron chi connectivity index (χ3n) is 3.75. The first kappa shape index (κ1) is 20.6. The van der Waals surface area contributed by atoms with Gasteiger partial charge in [-0.25, -0.2) is 4.98 Å². The lowest BCUT2D eigenvalue weighted by Crippen LogP contribution is -2.27. The van der Waals surface area contributed by atoms with Crippen molar-refractivity contribution in [1.29, 1.82) is 5.26 Å². The van der Waals surface area contributed by atoms with Crippen LogP contribution in [0.3, 0.4) is 0 Å². The molecule has 142 valence electrons. The van der Waals surface area contributed by atoms with Gasteiger partial charge < -0.3 is 9.64 Å². The van der Waals surface area contributed by atoms with Crippen molar-refractivity contribution in [2.24, 2.45) is 0 Å². The maximum atomic E-state index is 12.4. The van der Waals surface area contributed by atoms with Crippen molar-refractivity contribution in [3.8, 4) is 11.8 Å². The summed E-state index contributed by atoms with van der Waals surface area (Å²) >= 11 is 1.23. The topological polar surface area (TPSA) is 66.2 Å². The van der Waals surface area contributed by atoms with Crippen LogP contribution in [0.5, 0.6) is 5.75 Å². The number of hydrogen-bond acceptors (Lipinski definition) is 5. The van der Waals surface area contributed by atoms with Crippen molar-refractivity contribution in [3.63, 3.8) is 0 Å². The average Bonchev–Trinajstić information content (AvgIpc) is 2.60. The Morgan fingerprint density at radius 2 is 2.00 bits per heavy atom. The van der Waals surface area contributed by atoms with E-state index in [1.807, 2.05) is 19.9 Å². The summed E-state index contributed by atoms with van der Waals surface area (Å²) in [6, 6.07) is 10.1. The van der Waals surface area contributed by atoms with Crippen molar-refractivity contribution in [3.05, 3.63) is 52.7 Å². The highest BCUT2D eigenvalue weighted by atomic mass is 32.2. The van der Waals surface area contributed by atoms with Gasteiger partial charge in [-0.3, -0.25) is 4.79 Å². The van der Waals surface area contributed by atoms with Gasteiger partial charge in [0.05, 0.1) is 11.3 Å². The molecule has 1 aromatic carbocycles. The van der Waals surface area contributed by atoms with Gasteiger partial charge in [0.2, 0.25) is 5.91 Å². The molecule has 0 saturated heterocycles. The van der Waals surface area contributed by atoms with Gasteiger partial charge in [0, 0.05) is 19.3 Å². The lowest BCUT2D eigenvalue weighted by Gasteiger charge is -2.17. The van der Waals surface area contributed by atoms with Crippen LogP contribution in [0.4, 0.5) is 8.78 Å². The van der Waals surface area contributed by atoms with E-state index in [0.717, 1.165) is 16.8 Å². The maximum Gasteiger partial charge on any atom is 0.387 e. The molecule has 0 spiro atoms. The van der Waals surface area contributed by atoms with Gasteiger partial charge in [-0.15, -0.1) is 0 Å². The molecule has 0 radical (unpaired) electrons. The normalized spacial score (nSPS) is 10.6. The molecule has 2 rings (SSSR count). The Kier molecular flexibility index (Phi) is 7.13. The fraction of sp³-hybridized carbons (Fsp3) is 0.316. The molecule has 5 nitrogen and oxygen atoms in total. The number of nitrogens with zero attached hydrogens (tertiary/aromatic N) is 3. The van der Waals surface area contributed by atoms with Crippen LogP contribution in [0.25, 0.3) is 0 Å². The molecule has 0 fully saturated rings. The van der Waals surface area contributed by atoms with Gasteiger partial charge >= 0.3 is 6.61 Å². The van der Waals surface area contributed by atoms with Crippen LogP contribution in [-0.2, 0) is 11.3 Å². The summed E-state index contributed by atoms with van der Waals surface area (Å²) < 4.78 is 28.6. The van der Waals surface area contributed by atoms with E-state index in [1.54, 1.807) is 19.2 Å². The van der Waals surface area contributed by atoms with Gasteiger partial charge in [0.25, 0.3) is 0 Å². The van der Waals surface area contributed by atoms with Crippen molar-refractivity contribution in [1.82, 2.24) is 9.88 Å². The minimum absolute atomic E-state index is 0.0724. The standard InChI is InChI=1S/C19H19F2N3O2S/c1-12-8-13(2)23-18(16(12)9-22)27-11-17(25)24(3)10-14-4-6-15(7-5-14)26-19(20)21/h4-8,19H,10-11H2,1-3H3. The molecular formula is C19H19F2N3O2S. The first-order chi connectivity index (χ1) is 12.8. The summed E-state index contributed by atoms with van der Waals surface area (Å²) in [6.07, 6.45) is 0. The van der Waals surface area contributed by atoms with Gasteiger partial charge in [-0.2, -0.15) is 14.0 Å². The van der Waals surface area contributed by atoms with E-state index in [2.05, 4.69) is 15.8 Å². The number of thioether (sulfide) groups is 1. The zero-order valence-corrected chi connectivity index (χ0v) is 16.0. The first-order valence-electron chi connectivity index (χ1n) is 8.09. The van der Waals surface area contributed by atoms with E-state index >= 15 is 0 Å². The Morgan fingerprint density at radius 1 is 1.33 bits per heavy atom. The van der Waals surface area contributed by atoms with E-state index in [1.165, 1.54) is 28.8 Å². The molecule has 0 N–H and O–H groups in total. The Morgan fingerprint density at radius 3 is 2.59 bits per heavy atom. The summed E-state index contributed by atoms with van der Waals surface area (Å²) in [5.74, 6) is 0.0918. The second-order valence-electron chi connectivity index (χ2n) is 5.93. The van der Waals surface area contributed by atoms with Gasteiger partial charge in [0.1, 0.15) is 16.8 Å². The Hall–Kier alpha value is -2.66. The number of pyridine rings is 1. The van der Waals surface area contributed by atoms with E-state index < -0.39 is 6.61 Å². The largest absolute Gasteiger partial charge is 0.435 e. The maximum absolute atomic E-state index is 12.4. The molecule has 27 heavy (non-hydrogen) atoms. The molecule has 0 aliphatic heterocycles. The Labute approximate surface area is 161 Å². The van der Waals surface area contributed by atoms with Crippen LogP contribution >= 0.6 is 11.8 Å². The highest BCUT2D eigenvalue weighted by molar-refractivity contribution is 8.00. The lowest BCUT2D eigenvalue weighted by molar-refractivity contribution is -0.127. The Bertz CT molecular complexity index is 851. The third-order valence-corrected chi connectivity index (χ3v) is 4.71. The number of carbonyl (C=O) groups is 1. The minimum Gasteiger partial charge on any atom is -0.435 e. The minimum atomic E-state index is -2.87. The van der Waals surface area contributed by atoms with Gasteiger partial charge in [-0.05, 0) is 43.2 Å². The van der Waals surface area contributed by atoms with Crippen molar-refractivity contribution in [2.75, 3.05) is 12.8 Å². The highest BCUT2D eigenvalue weighted by Gasteiger charge is 2.14. The van der Waals surface area contributed by atoms with Crippen molar-refractivity contribution >= 4 is 17.7 Å². The van der Waals surface area contributed by atoms with E-state index in [9.17, 15) is 18.8 Å². The molecule has 0 bridgehead atoms. The number of aromatic nitrogens is 1. The summed E-state index contributed by atoms with van der Waals surface area (Å²) in [4.78, 5) is 18.3. The monoisotopic (exact) mass is 391 g/mol. The SMILES string of the molecule is Cc1cc(C)c(C#N)c(SCC(=O)N(C)Cc2ccc(OC(F)F)cc2)n1. The molecular weight excluding hydrogens is 372 g/mol. The van der Waals surface area contributed by atoms with E-state index in [4.69, 9.17) is 0 Å². The fourth-order valence-electron chi connectivity index (χ4n) is 2.42. The van der Waals surface area contributed by atoms with Crippen LogP contribution < -0.4 is 4.74 Å². The molecule has 1 amide bonds. The van der Waals surface area contributed by atoms with Crippen LogP contribution in [-0.4, -0.2) is 35.2 Å². The fourth-order valence-corrected chi connectivity index (χ4v) is 3.46. The van der Waals surface area contributed by atoms with Crippen LogP contribution in [0.2, 0.25) is 0 Å². The number of ether oxygens (including phenoxy) is 1. The predicted octanol–water partition coefficient (Wildman–Crippen LogP) is 3.92. The first-order valence-corrected chi connectivity index (χ1v) is 9.07. The van der Waals surface area contributed by atoms with E-state index in [0.29, 0.717) is 17.1 Å². The molecule has 1 aromatic heterocycles. The molecule has 0 saturated carbocycles. The molecule has 8 heteroatoms. The molecule has 0 aliphatic carbocycles. The number of amides is 1. The molecule has 1 heterocycles. The Balaban J connectivity index is 1.96. The molecule has 0 aliphatic rings. The van der Waals surface area contributed by atoms with Crippen LogP contribution in [0.1, 0.15) is 22.4 Å². The summed E-state index contributed by atoms with van der Waals surface area (Å²) in [5, 5.41) is 9.83. The number of nitriles is 1. The number of alkyl halides is 2. The van der Waals surface area contributed by atoms with Gasteiger partial charge in [0.15, 0.2) is 0 Å². The molecule has 2 aromatic rings. The number of halogens is 2. The highest BCUT2D eigenvalue weighted by Crippen LogP contribution is 2.24. The van der Waals surface area contributed by atoms with Crippen molar-refractivity contribution < 1.29 is 18.3 Å². The number of hydrogen-bond donors (Lipinski definition) is 0. The lowest BCUT2D eigenvalue weighted by atomic mass is 10.1. The van der Waals surface area contributed by atoms with Crippen molar-refractivity contribution in [2.45, 2.75) is 32.0 Å². The second kappa shape index (κ2) is 9.33. The van der Waals surface area contributed by atoms with E-state index in [-0.39, 0.29) is 17.4 Å². The zero-order chi connectivity index (χ0) is 20.0. The van der Waals surface area contributed by atoms with Gasteiger partial charge in [-0.1, -0.05) is 23.9 Å². The number of aryl methyl sites for hydroxylation is 2. The summed E-state index contributed by atoms with van der Waals surface area (Å²) in [6.45, 7) is 1.15. The number of carbonyl (C=O) groups excluding carboxylic acids is 1. The number of benzene rings is 1. The number of rotatable bonds is 7. The summed E-state index contributed by atoms with van der Waals surface area (Å²) in [7, 11) is 1.66. The van der Waals surface area contributed by atoms with Crippen LogP contribution in [0.15, 0.2) is 35.4 Å². The van der Waals surface area contributed by atoms with Crippen LogP contribution in [0, 0.1) is 25.2 Å². The summed E-state index contributed by atoms with van der Waals surface area (Å²) in [5.41, 5.74) is 2.90. The molecule has 0 atom stereocenters. The second-order valence-corrected chi connectivity index (χ2v) is 6.90. The smallest absolute Gasteiger partial charge is 0.387 e. The third kappa shape index (κ3) is 5.93. The molecule has 0 unspecified atom stereocenters.